The van der Waals surface area contributed by atoms with Gasteiger partial charge in [-0.05, 0) is 50.2 Å². The summed E-state index contributed by atoms with van der Waals surface area (Å²) < 4.78 is 2.13. The van der Waals surface area contributed by atoms with Crippen LogP contribution in [0.2, 0.25) is 0 Å². The summed E-state index contributed by atoms with van der Waals surface area (Å²) in [6.07, 6.45) is 0.821. The number of hydrogen-bond acceptors (Lipinski definition) is 3. The third-order valence-electron chi connectivity index (χ3n) is 4.34. The summed E-state index contributed by atoms with van der Waals surface area (Å²) in [6, 6.07) is 7.92. The lowest BCUT2D eigenvalue weighted by Crippen LogP contribution is -2.34. The number of nitrogens with zero attached hydrogens (tertiary/aromatic N) is 3. The Labute approximate surface area is 136 Å². The molecule has 5 heteroatoms. The third kappa shape index (κ3) is 2.82. The van der Waals surface area contributed by atoms with Crippen molar-refractivity contribution in [2.75, 3.05) is 27.2 Å². The normalized spacial score (nSPS) is 15.3. The van der Waals surface area contributed by atoms with Crippen LogP contribution in [0.5, 0.6) is 0 Å². The highest BCUT2D eigenvalue weighted by atomic mass is 16.2. The first-order valence-corrected chi connectivity index (χ1v) is 7.99. The van der Waals surface area contributed by atoms with Gasteiger partial charge in [0, 0.05) is 30.5 Å². The summed E-state index contributed by atoms with van der Waals surface area (Å²) in [5, 5.41) is 13.2. The number of benzene rings is 1. The number of nitrogens with one attached hydrogen (secondary N) is 1. The summed E-state index contributed by atoms with van der Waals surface area (Å²) in [5.41, 5.74) is 3.55. The van der Waals surface area contributed by atoms with E-state index in [1.165, 1.54) is 0 Å². The molecule has 1 unspecified atom stereocenters. The van der Waals surface area contributed by atoms with Gasteiger partial charge in [-0.3, -0.25) is 4.79 Å². The first-order chi connectivity index (χ1) is 11.0. The smallest absolute Gasteiger partial charge is 0.268 e. The van der Waals surface area contributed by atoms with E-state index in [1.807, 2.05) is 18.2 Å². The topological polar surface area (TPSA) is 61.1 Å². The van der Waals surface area contributed by atoms with Crippen LogP contribution < -0.4 is 5.32 Å². The largest absolute Gasteiger partial charge is 0.350 e. The maximum absolute atomic E-state index is 12.4. The molecule has 2 heterocycles. The lowest BCUT2D eigenvalue weighted by molar-refractivity contribution is 0.0935. The molecule has 0 saturated heterocycles. The Balaban J connectivity index is 2.14. The number of carbonyl (C=O) groups excluding carboxylic acids is 1. The number of aromatic nitrogens is 1. The number of hydrogen-bond donors (Lipinski definition) is 1. The zero-order valence-corrected chi connectivity index (χ0v) is 13.9. The summed E-state index contributed by atoms with van der Waals surface area (Å²) in [4.78, 5) is 14.6. The Hall–Kier alpha value is -2.32. The van der Waals surface area contributed by atoms with Crippen molar-refractivity contribution in [2.45, 2.75) is 19.9 Å². The molecule has 0 aliphatic carbocycles. The molecule has 1 aromatic heterocycles. The van der Waals surface area contributed by atoms with Crippen LogP contribution in [-0.4, -0.2) is 42.6 Å². The van der Waals surface area contributed by atoms with E-state index in [-0.39, 0.29) is 5.91 Å². The molecule has 0 spiro atoms. The van der Waals surface area contributed by atoms with Crippen LogP contribution in [0.1, 0.15) is 28.5 Å². The Kier molecular flexibility index (Phi) is 4.10. The highest BCUT2D eigenvalue weighted by Crippen LogP contribution is 2.30. The number of amides is 1. The quantitative estimate of drug-likeness (QED) is 0.939. The fourth-order valence-corrected chi connectivity index (χ4v) is 3.57. The van der Waals surface area contributed by atoms with E-state index in [9.17, 15) is 4.79 Å². The predicted molar refractivity (Wildman–Crippen MR) is 90.4 cm³/mol. The molecule has 23 heavy (non-hydrogen) atoms. The first kappa shape index (κ1) is 15.6. The van der Waals surface area contributed by atoms with E-state index in [4.69, 9.17) is 5.26 Å². The number of nitriles is 1. The van der Waals surface area contributed by atoms with Gasteiger partial charge in [0.05, 0.1) is 11.6 Å². The Morgan fingerprint density at radius 1 is 1.43 bits per heavy atom. The molecule has 0 radical (unpaired) electrons. The van der Waals surface area contributed by atoms with Gasteiger partial charge in [0.2, 0.25) is 0 Å². The molecule has 120 valence electrons. The zero-order valence-electron chi connectivity index (χ0n) is 13.9. The second-order valence-electron chi connectivity index (χ2n) is 6.65. The highest BCUT2D eigenvalue weighted by Gasteiger charge is 2.26. The van der Waals surface area contributed by atoms with Gasteiger partial charge in [-0.1, -0.05) is 6.92 Å². The molecule has 5 nitrogen and oxygen atoms in total. The van der Waals surface area contributed by atoms with Gasteiger partial charge in [0.25, 0.3) is 5.91 Å². The molecule has 2 aromatic rings. The first-order valence-electron chi connectivity index (χ1n) is 7.99. The van der Waals surface area contributed by atoms with Crippen molar-refractivity contribution in [3.63, 3.8) is 0 Å². The lowest BCUT2D eigenvalue weighted by Gasteiger charge is -2.21. The van der Waals surface area contributed by atoms with Gasteiger partial charge in [-0.2, -0.15) is 5.26 Å². The van der Waals surface area contributed by atoms with Crippen molar-refractivity contribution in [2.24, 2.45) is 5.92 Å². The van der Waals surface area contributed by atoms with Gasteiger partial charge in [-0.15, -0.1) is 0 Å². The molecule has 1 aliphatic rings. The third-order valence-corrected chi connectivity index (χ3v) is 4.34. The van der Waals surface area contributed by atoms with Crippen molar-refractivity contribution >= 4 is 16.8 Å². The van der Waals surface area contributed by atoms with Crippen molar-refractivity contribution in [1.29, 1.82) is 5.26 Å². The molecule has 1 amide bonds. The van der Waals surface area contributed by atoms with Crippen LogP contribution >= 0.6 is 0 Å². The fraction of sp³-hybridized carbons (Fsp3) is 0.444. The Morgan fingerprint density at radius 3 is 2.91 bits per heavy atom. The molecule has 3 rings (SSSR count). The summed E-state index contributed by atoms with van der Waals surface area (Å²) in [7, 11) is 4.12. The van der Waals surface area contributed by atoms with Crippen molar-refractivity contribution in [3.8, 4) is 6.07 Å². The average molecular weight is 310 g/mol. The molecule has 1 N–H and O–H groups in total. The SMILES string of the molecule is CC(CN(C)C)Cn1c2c(c3cc(C#N)ccc31)CCNC2=O. The predicted octanol–water partition coefficient (Wildman–Crippen LogP) is 2.00. The summed E-state index contributed by atoms with van der Waals surface area (Å²) in [6.45, 7) is 4.62. The lowest BCUT2D eigenvalue weighted by atomic mass is 10.0. The van der Waals surface area contributed by atoms with E-state index in [1.54, 1.807) is 0 Å². The van der Waals surface area contributed by atoms with Gasteiger partial charge in [-0.25, -0.2) is 0 Å². The van der Waals surface area contributed by atoms with Crippen LogP contribution in [0.25, 0.3) is 10.9 Å². The van der Waals surface area contributed by atoms with E-state index in [2.05, 4.69) is 41.9 Å². The van der Waals surface area contributed by atoms with Crippen LogP contribution in [0.15, 0.2) is 18.2 Å². The van der Waals surface area contributed by atoms with Crippen molar-refractivity contribution < 1.29 is 4.79 Å². The monoisotopic (exact) mass is 310 g/mol. The van der Waals surface area contributed by atoms with Gasteiger partial charge in [0.15, 0.2) is 0 Å². The minimum absolute atomic E-state index is 0.00184. The van der Waals surface area contributed by atoms with Gasteiger partial charge in [0.1, 0.15) is 5.69 Å². The van der Waals surface area contributed by atoms with E-state index in [0.717, 1.165) is 41.7 Å². The second kappa shape index (κ2) is 6.05. The molecular formula is C18H22N4O. The molecule has 1 atom stereocenters. The number of rotatable bonds is 4. The van der Waals surface area contributed by atoms with Crippen molar-refractivity contribution in [1.82, 2.24) is 14.8 Å². The fourth-order valence-electron chi connectivity index (χ4n) is 3.57. The minimum atomic E-state index is -0.00184. The molecule has 0 bridgehead atoms. The molecule has 1 aliphatic heterocycles. The maximum atomic E-state index is 12.4. The van der Waals surface area contributed by atoms with E-state index < -0.39 is 0 Å². The molecule has 0 saturated carbocycles. The van der Waals surface area contributed by atoms with Gasteiger partial charge >= 0.3 is 0 Å². The summed E-state index contributed by atoms with van der Waals surface area (Å²) in [5.74, 6) is 0.424. The van der Waals surface area contributed by atoms with E-state index >= 15 is 0 Å². The minimum Gasteiger partial charge on any atom is -0.350 e. The Bertz CT molecular complexity index is 797. The maximum Gasteiger partial charge on any atom is 0.268 e. The van der Waals surface area contributed by atoms with Crippen LogP contribution in [0, 0.1) is 17.2 Å². The molecule has 0 fully saturated rings. The van der Waals surface area contributed by atoms with Gasteiger partial charge < -0.3 is 14.8 Å². The van der Waals surface area contributed by atoms with Crippen LogP contribution in [-0.2, 0) is 13.0 Å². The second-order valence-corrected chi connectivity index (χ2v) is 6.65. The number of fused-ring (bicyclic) bond motifs is 3. The Morgan fingerprint density at radius 2 is 2.22 bits per heavy atom. The standard InChI is InChI=1S/C18H22N4O/c1-12(10-21(2)3)11-22-16-5-4-13(9-19)8-15(16)14-6-7-20-18(23)17(14)22/h4-5,8,12H,6-7,10-11H2,1-3H3,(H,20,23). The average Bonchev–Trinajstić information content (AvgIpc) is 2.81. The highest BCUT2D eigenvalue weighted by molar-refractivity contribution is 6.03. The zero-order chi connectivity index (χ0) is 16.6. The van der Waals surface area contributed by atoms with E-state index in [0.29, 0.717) is 18.0 Å². The van der Waals surface area contributed by atoms with Crippen LogP contribution in [0.4, 0.5) is 0 Å². The molecular weight excluding hydrogens is 288 g/mol. The summed E-state index contributed by atoms with van der Waals surface area (Å²) >= 11 is 0. The van der Waals surface area contributed by atoms with Crippen molar-refractivity contribution in [3.05, 3.63) is 35.0 Å². The van der Waals surface area contributed by atoms with Crippen LogP contribution in [0.3, 0.4) is 0 Å². The molecule has 1 aromatic carbocycles. The number of carbonyl (C=O) groups is 1.